The summed E-state index contributed by atoms with van der Waals surface area (Å²) in [5, 5.41) is 16.9. The van der Waals surface area contributed by atoms with E-state index in [0.29, 0.717) is 26.7 Å². The molecule has 1 fully saturated rings. The summed E-state index contributed by atoms with van der Waals surface area (Å²) in [6.45, 7) is 0. The van der Waals surface area contributed by atoms with E-state index in [1.807, 2.05) is 0 Å². The summed E-state index contributed by atoms with van der Waals surface area (Å²) in [5.74, 6) is -0.00715. The van der Waals surface area contributed by atoms with Crippen molar-refractivity contribution in [3.63, 3.8) is 0 Å². The van der Waals surface area contributed by atoms with E-state index in [1.54, 1.807) is 24.3 Å². The predicted molar refractivity (Wildman–Crippen MR) is 108 cm³/mol. The number of thioether (sulfide) groups is 1. The smallest absolute Gasteiger partial charge is 0.282 e. The van der Waals surface area contributed by atoms with Crippen molar-refractivity contribution in [2.75, 3.05) is 0 Å². The minimum absolute atomic E-state index is 0.0318. The number of carbonyl (C=O) groups excluding carboxylic acids is 1. The lowest BCUT2D eigenvalue weighted by atomic mass is 9.90. The fraction of sp³-hybridized carbons (Fsp3) is 0.333. The van der Waals surface area contributed by atoms with Crippen LogP contribution in [-0.2, 0) is 4.79 Å². The number of halogens is 2. The van der Waals surface area contributed by atoms with Crippen molar-refractivity contribution in [2.45, 2.75) is 32.1 Å². The molecule has 1 aromatic carbocycles. The van der Waals surface area contributed by atoms with Gasteiger partial charge in [0, 0.05) is 16.0 Å². The summed E-state index contributed by atoms with van der Waals surface area (Å²) in [6.07, 6.45) is 7.46. The molecule has 1 aromatic rings. The van der Waals surface area contributed by atoms with Gasteiger partial charge in [-0.1, -0.05) is 48.5 Å². The van der Waals surface area contributed by atoms with Gasteiger partial charge in [-0.05, 0) is 48.4 Å². The van der Waals surface area contributed by atoms with Crippen molar-refractivity contribution in [1.82, 2.24) is 5.01 Å². The van der Waals surface area contributed by atoms with Crippen LogP contribution in [0.4, 0.5) is 0 Å². The first kappa shape index (κ1) is 17.8. The summed E-state index contributed by atoms with van der Waals surface area (Å²) >= 11 is 13.5. The first-order valence-electron chi connectivity index (χ1n) is 8.48. The van der Waals surface area contributed by atoms with Crippen LogP contribution >= 0.6 is 35.0 Å². The molecule has 3 aliphatic rings. The van der Waals surface area contributed by atoms with Crippen molar-refractivity contribution in [2.24, 2.45) is 16.0 Å². The van der Waals surface area contributed by atoms with Crippen LogP contribution in [0, 0.1) is 11.3 Å². The second kappa shape index (κ2) is 7.18. The standard InChI is InChI=1S/C18H16Cl2N4OS/c19-12-7-6-11(14(20)9-12)8-13-15(21)24-18(22-16(13)25)26-17(23-24)10-4-2-1-3-5-10/h6-10,21H,1-5H2/b13-8-,21-15?. The van der Waals surface area contributed by atoms with Gasteiger partial charge in [-0.15, -0.1) is 0 Å². The molecule has 0 bridgehead atoms. The van der Waals surface area contributed by atoms with Gasteiger partial charge in [0.15, 0.2) is 5.84 Å². The number of nitrogens with one attached hydrogen (secondary N) is 1. The first-order valence-corrected chi connectivity index (χ1v) is 10.1. The summed E-state index contributed by atoms with van der Waals surface area (Å²) in [5.41, 5.74) is 0.790. The Balaban J connectivity index is 1.64. The lowest BCUT2D eigenvalue weighted by Gasteiger charge is -2.20. The van der Waals surface area contributed by atoms with Crippen LogP contribution in [0.5, 0.6) is 0 Å². The Morgan fingerprint density at radius 3 is 2.73 bits per heavy atom. The zero-order valence-corrected chi connectivity index (χ0v) is 16.2. The summed E-state index contributed by atoms with van der Waals surface area (Å²) < 4.78 is 0. The van der Waals surface area contributed by atoms with Gasteiger partial charge in [-0.3, -0.25) is 10.2 Å². The number of hydrogen-bond donors (Lipinski definition) is 1. The summed E-state index contributed by atoms with van der Waals surface area (Å²) in [6, 6.07) is 5.01. The van der Waals surface area contributed by atoms with Gasteiger partial charge in [0.1, 0.15) is 5.04 Å². The maximum atomic E-state index is 12.5. The number of hydrogen-bond acceptors (Lipinski definition) is 4. The molecule has 1 aliphatic carbocycles. The van der Waals surface area contributed by atoms with Crippen molar-refractivity contribution >= 4 is 63.0 Å². The second-order valence-corrected chi connectivity index (χ2v) is 8.29. The third kappa shape index (κ3) is 3.33. The Bertz CT molecular complexity index is 887. The average Bonchev–Trinajstić information content (AvgIpc) is 3.05. The lowest BCUT2D eigenvalue weighted by Crippen LogP contribution is -2.35. The number of nitrogens with zero attached hydrogens (tertiary/aromatic N) is 3. The number of carbonyl (C=O) groups is 1. The molecule has 4 rings (SSSR count). The van der Waals surface area contributed by atoms with Crippen LogP contribution in [0.15, 0.2) is 33.9 Å². The topological polar surface area (TPSA) is 68.9 Å². The van der Waals surface area contributed by atoms with Crippen LogP contribution in [0.3, 0.4) is 0 Å². The fourth-order valence-electron chi connectivity index (χ4n) is 3.30. The van der Waals surface area contributed by atoms with Gasteiger partial charge < -0.3 is 0 Å². The molecule has 0 atom stereocenters. The van der Waals surface area contributed by atoms with Gasteiger partial charge in [0.2, 0.25) is 5.17 Å². The van der Waals surface area contributed by atoms with Crippen molar-refractivity contribution < 1.29 is 4.79 Å². The Morgan fingerprint density at radius 2 is 2.00 bits per heavy atom. The normalized spacial score (nSPS) is 22.5. The van der Waals surface area contributed by atoms with E-state index in [9.17, 15) is 4.79 Å². The molecule has 8 heteroatoms. The van der Waals surface area contributed by atoms with Crippen LogP contribution in [0.25, 0.3) is 6.08 Å². The summed E-state index contributed by atoms with van der Waals surface area (Å²) in [7, 11) is 0. The third-order valence-electron chi connectivity index (χ3n) is 4.69. The molecular weight excluding hydrogens is 391 g/mol. The molecule has 1 amide bonds. The molecule has 1 N–H and O–H groups in total. The molecule has 1 saturated carbocycles. The number of fused-ring (bicyclic) bond motifs is 1. The van der Waals surface area contributed by atoms with Gasteiger partial charge >= 0.3 is 0 Å². The van der Waals surface area contributed by atoms with Crippen molar-refractivity contribution in [1.29, 1.82) is 5.41 Å². The number of amidine groups is 2. The molecule has 2 heterocycles. The third-order valence-corrected chi connectivity index (χ3v) is 6.32. The largest absolute Gasteiger partial charge is 0.283 e. The van der Waals surface area contributed by atoms with Crippen LogP contribution < -0.4 is 0 Å². The lowest BCUT2D eigenvalue weighted by molar-refractivity contribution is -0.114. The zero-order valence-electron chi connectivity index (χ0n) is 13.8. The molecular formula is C18H16Cl2N4OS. The van der Waals surface area contributed by atoms with Gasteiger partial charge in [0.05, 0.1) is 5.57 Å². The summed E-state index contributed by atoms with van der Waals surface area (Å²) in [4.78, 5) is 16.6. The van der Waals surface area contributed by atoms with E-state index >= 15 is 0 Å². The van der Waals surface area contributed by atoms with E-state index in [2.05, 4.69) is 10.1 Å². The SMILES string of the molecule is N=C1/C(=C/c2ccc(Cl)cc2Cl)C(=O)N=C2SC(C3CCCCC3)=NN12. The van der Waals surface area contributed by atoms with E-state index in [1.165, 1.54) is 36.0 Å². The predicted octanol–water partition coefficient (Wildman–Crippen LogP) is 5.19. The molecule has 0 unspecified atom stereocenters. The van der Waals surface area contributed by atoms with Gasteiger partial charge in [0.25, 0.3) is 5.91 Å². The highest BCUT2D eigenvalue weighted by Crippen LogP contribution is 2.36. The molecule has 0 aromatic heterocycles. The number of amides is 1. The van der Waals surface area contributed by atoms with E-state index in [-0.39, 0.29) is 11.4 Å². The number of rotatable bonds is 2. The molecule has 2 aliphatic heterocycles. The molecule has 0 saturated heterocycles. The maximum Gasteiger partial charge on any atom is 0.283 e. The van der Waals surface area contributed by atoms with E-state index < -0.39 is 5.91 Å². The quantitative estimate of drug-likeness (QED) is 0.686. The number of benzene rings is 1. The number of hydrazone groups is 1. The molecule has 0 radical (unpaired) electrons. The zero-order chi connectivity index (χ0) is 18.3. The second-order valence-electron chi connectivity index (χ2n) is 6.46. The Hall–Kier alpha value is -1.63. The van der Waals surface area contributed by atoms with Crippen LogP contribution in [-0.4, -0.2) is 27.0 Å². The van der Waals surface area contributed by atoms with Gasteiger partial charge in [-0.25, -0.2) is 0 Å². The molecule has 134 valence electrons. The highest BCUT2D eigenvalue weighted by molar-refractivity contribution is 8.27. The van der Waals surface area contributed by atoms with Crippen molar-refractivity contribution in [3.05, 3.63) is 39.4 Å². The first-order chi connectivity index (χ1) is 12.5. The molecule has 5 nitrogen and oxygen atoms in total. The minimum Gasteiger partial charge on any atom is -0.282 e. The number of aliphatic imine (C=N–C) groups is 1. The molecule has 0 spiro atoms. The fourth-order valence-corrected chi connectivity index (χ4v) is 4.82. The Labute approximate surface area is 165 Å². The maximum absolute atomic E-state index is 12.5. The molecule has 26 heavy (non-hydrogen) atoms. The van der Waals surface area contributed by atoms with Crippen molar-refractivity contribution in [3.8, 4) is 0 Å². The average molecular weight is 407 g/mol. The Morgan fingerprint density at radius 1 is 1.23 bits per heavy atom. The Kier molecular flexibility index (Phi) is 4.90. The van der Waals surface area contributed by atoms with Gasteiger partial charge in [-0.2, -0.15) is 15.1 Å². The highest BCUT2D eigenvalue weighted by Gasteiger charge is 2.37. The van der Waals surface area contributed by atoms with E-state index in [4.69, 9.17) is 28.6 Å². The van der Waals surface area contributed by atoms with E-state index in [0.717, 1.165) is 17.9 Å². The van der Waals surface area contributed by atoms with Crippen LogP contribution in [0.1, 0.15) is 37.7 Å². The highest BCUT2D eigenvalue weighted by atomic mass is 35.5. The monoisotopic (exact) mass is 406 g/mol. The minimum atomic E-state index is -0.445. The van der Waals surface area contributed by atoms with Crippen LogP contribution in [0.2, 0.25) is 10.0 Å².